The van der Waals surface area contributed by atoms with E-state index in [-0.39, 0.29) is 17.8 Å². The molecule has 0 aliphatic carbocycles. The van der Waals surface area contributed by atoms with Crippen LogP contribution in [0.1, 0.15) is 30.9 Å². The van der Waals surface area contributed by atoms with Gasteiger partial charge >= 0.3 is 0 Å². The second-order valence-electron chi connectivity index (χ2n) is 6.28. The number of imide groups is 1. The van der Waals surface area contributed by atoms with E-state index in [4.69, 9.17) is 0 Å². The first-order chi connectivity index (χ1) is 12.4. The number of rotatable bonds is 5. The van der Waals surface area contributed by atoms with Crippen LogP contribution in [0.4, 0.5) is 10.5 Å². The predicted molar refractivity (Wildman–Crippen MR) is 111 cm³/mol. The van der Waals surface area contributed by atoms with Crippen LogP contribution in [0.2, 0.25) is 0 Å². The van der Waals surface area contributed by atoms with Crippen LogP contribution in [0, 0.1) is 0 Å². The molecule has 1 aliphatic heterocycles. The molecule has 4 nitrogen and oxygen atoms in total. The summed E-state index contributed by atoms with van der Waals surface area (Å²) in [5, 5.41) is 2.84. The Labute approximate surface area is 165 Å². The van der Waals surface area contributed by atoms with E-state index in [0.717, 1.165) is 27.5 Å². The molecule has 1 saturated heterocycles. The van der Waals surface area contributed by atoms with E-state index >= 15 is 0 Å². The van der Waals surface area contributed by atoms with Gasteiger partial charge in [-0.2, -0.15) is 0 Å². The molecule has 6 heteroatoms. The van der Waals surface area contributed by atoms with Gasteiger partial charge in [-0.05, 0) is 53.1 Å². The minimum Gasteiger partial charge on any atom is -0.367 e. The normalized spacial score (nSPS) is 16.0. The van der Waals surface area contributed by atoms with Gasteiger partial charge in [0.1, 0.15) is 0 Å². The van der Waals surface area contributed by atoms with Gasteiger partial charge in [-0.3, -0.25) is 14.5 Å². The highest BCUT2D eigenvalue weighted by atomic mass is 79.9. The van der Waals surface area contributed by atoms with Crippen molar-refractivity contribution in [2.45, 2.75) is 19.8 Å². The summed E-state index contributed by atoms with van der Waals surface area (Å²) in [5.74, 6) is 0.191. The Morgan fingerprint density at radius 1 is 1.15 bits per heavy atom. The Bertz CT molecular complexity index is 862. The molecular formula is C20H19BrN2O2S. The van der Waals surface area contributed by atoms with Gasteiger partial charge in [0.2, 0.25) is 0 Å². The van der Waals surface area contributed by atoms with Crippen LogP contribution < -0.4 is 5.32 Å². The molecule has 26 heavy (non-hydrogen) atoms. The van der Waals surface area contributed by atoms with E-state index in [1.165, 1.54) is 10.5 Å². The third-order valence-corrected chi connectivity index (χ3v) is 5.44. The molecule has 0 atom stereocenters. The molecule has 1 heterocycles. The molecule has 3 rings (SSSR count). The SMILES string of the molecule is CC(C)c1ccc(/C=C2/SC(=O)N(CNc3cccc(Br)c3)C2=O)cc1. The first-order valence-corrected chi connectivity index (χ1v) is 9.90. The summed E-state index contributed by atoms with van der Waals surface area (Å²) in [5.41, 5.74) is 3.00. The van der Waals surface area contributed by atoms with Crippen LogP contribution in [0.15, 0.2) is 57.9 Å². The van der Waals surface area contributed by atoms with E-state index in [2.05, 4.69) is 47.2 Å². The van der Waals surface area contributed by atoms with Crippen LogP contribution in [0.3, 0.4) is 0 Å². The monoisotopic (exact) mass is 430 g/mol. The molecule has 0 aromatic heterocycles. The van der Waals surface area contributed by atoms with Crippen molar-refractivity contribution in [1.82, 2.24) is 4.90 Å². The molecule has 2 aromatic rings. The van der Waals surface area contributed by atoms with E-state index in [9.17, 15) is 9.59 Å². The third-order valence-electron chi connectivity index (χ3n) is 4.04. The van der Waals surface area contributed by atoms with Crippen molar-refractivity contribution < 1.29 is 9.59 Å². The fourth-order valence-electron chi connectivity index (χ4n) is 2.53. The van der Waals surface area contributed by atoms with Gasteiger partial charge in [0, 0.05) is 10.2 Å². The molecular weight excluding hydrogens is 412 g/mol. The van der Waals surface area contributed by atoms with Crippen molar-refractivity contribution in [1.29, 1.82) is 0 Å². The second-order valence-corrected chi connectivity index (χ2v) is 8.19. The summed E-state index contributed by atoms with van der Waals surface area (Å²) in [4.78, 5) is 26.4. The molecule has 134 valence electrons. The summed E-state index contributed by atoms with van der Waals surface area (Å²) >= 11 is 4.37. The van der Waals surface area contributed by atoms with E-state index in [0.29, 0.717) is 10.8 Å². The van der Waals surface area contributed by atoms with Gasteiger partial charge in [0.15, 0.2) is 0 Å². The van der Waals surface area contributed by atoms with Crippen molar-refractivity contribution in [2.24, 2.45) is 0 Å². The third kappa shape index (κ3) is 4.37. The van der Waals surface area contributed by atoms with E-state index < -0.39 is 0 Å². The lowest BCUT2D eigenvalue weighted by atomic mass is 10.0. The number of hydrogen-bond donors (Lipinski definition) is 1. The zero-order valence-electron chi connectivity index (χ0n) is 14.5. The van der Waals surface area contributed by atoms with Crippen LogP contribution in [-0.2, 0) is 4.79 Å². The molecule has 0 radical (unpaired) electrons. The lowest BCUT2D eigenvalue weighted by Gasteiger charge is -2.14. The Hall–Kier alpha value is -2.05. The maximum atomic E-state index is 12.6. The Morgan fingerprint density at radius 2 is 1.88 bits per heavy atom. The highest BCUT2D eigenvalue weighted by Gasteiger charge is 2.34. The number of thioether (sulfide) groups is 1. The highest BCUT2D eigenvalue weighted by molar-refractivity contribution is 9.10. The number of anilines is 1. The first-order valence-electron chi connectivity index (χ1n) is 8.29. The lowest BCUT2D eigenvalue weighted by molar-refractivity contribution is -0.122. The molecule has 0 unspecified atom stereocenters. The number of nitrogens with one attached hydrogen (secondary N) is 1. The van der Waals surface area contributed by atoms with Crippen LogP contribution in [0.5, 0.6) is 0 Å². The number of carbonyl (C=O) groups excluding carboxylic acids is 2. The highest BCUT2D eigenvalue weighted by Crippen LogP contribution is 2.32. The molecule has 1 aliphatic rings. The Balaban J connectivity index is 1.69. The largest absolute Gasteiger partial charge is 0.367 e. The van der Waals surface area contributed by atoms with Crippen LogP contribution in [-0.4, -0.2) is 22.7 Å². The summed E-state index contributed by atoms with van der Waals surface area (Å²) in [6.45, 7) is 4.42. The van der Waals surface area contributed by atoms with Crippen molar-refractivity contribution in [3.05, 3.63) is 69.0 Å². The summed E-state index contributed by atoms with van der Waals surface area (Å²) < 4.78 is 0.932. The van der Waals surface area contributed by atoms with Crippen molar-refractivity contribution >= 4 is 50.6 Å². The minimum absolute atomic E-state index is 0.144. The molecule has 2 aromatic carbocycles. The molecule has 1 fully saturated rings. The molecule has 0 bridgehead atoms. The fraction of sp³-hybridized carbons (Fsp3) is 0.200. The summed E-state index contributed by atoms with van der Waals surface area (Å²) in [7, 11) is 0. The smallest absolute Gasteiger partial charge is 0.295 e. The van der Waals surface area contributed by atoms with Gasteiger partial charge in [-0.15, -0.1) is 0 Å². The van der Waals surface area contributed by atoms with Gasteiger partial charge in [-0.25, -0.2) is 0 Å². The van der Waals surface area contributed by atoms with Crippen molar-refractivity contribution in [2.75, 3.05) is 12.0 Å². The average molecular weight is 431 g/mol. The van der Waals surface area contributed by atoms with Gasteiger partial charge in [-0.1, -0.05) is 60.1 Å². The first kappa shape index (κ1) is 18.7. The molecule has 0 spiro atoms. The standard InChI is InChI=1S/C20H19BrN2O2S/c1-13(2)15-8-6-14(7-9-15)10-18-19(24)23(20(25)26-18)12-22-17-5-3-4-16(21)11-17/h3-11,13,22H,12H2,1-2H3/b18-10+. The zero-order chi connectivity index (χ0) is 18.7. The van der Waals surface area contributed by atoms with Crippen LogP contribution >= 0.6 is 27.7 Å². The average Bonchev–Trinajstić information content (AvgIpc) is 2.87. The van der Waals surface area contributed by atoms with Gasteiger partial charge in [0.25, 0.3) is 11.1 Å². The molecule has 0 saturated carbocycles. The summed E-state index contributed by atoms with van der Waals surface area (Å²) in [6.07, 6.45) is 1.77. The number of carbonyl (C=O) groups is 2. The zero-order valence-corrected chi connectivity index (χ0v) is 16.9. The Kier molecular flexibility index (Phi) is 5.84. The van der Waals surface area contributed by atoms with Crippen LogP contribution in [0.25, 0.3) is 6.08 Å². The maximum absolute atomic E-state index is 12.6. The van der Waals surface area contributed by atoms with E-state index in [1.54, 1.807) is 6.08 Å². The van der Waals surface area contributed by atoms with Crippen molar-refractivity contribution in [3.8, 4) is 0 Å². The quantitative estimate of drug-likeness (QED) is 0.619. The van der Waals surface area contributed by atoms with Gasteiger partial charge < -0.3 is 5.32 Å². The lowest BCUT2D eigenvalue weighted by Crippen LogP contribution is -2.33. The predicted octanol–water partition coefficient (Wildman–Crippen LogP) is 5.68. The molecule has 2 amide bonds. The topological polar surface area (TPSA) is 49.4 Å². The second kappa shape index (κ2) is 8.10. The maximum Gasteiger partial charge on any atom is 0.295 e. The number of benzene rings is 2. The summed E-state index contributed by atoms with van der Waals surface area (Å²) in [6, 6.07) is 15.6. The fourth-order valence-corrected chi connectivity index (χ4v) is 3.77. The van der Waals surface area contributed by atoms with Crippen molar-refractivity contribution in [3.63, 3.8) is 0 Å². The molecule has 1 N–H and O–H groups in total. The number of halogens is 1. The number of nitrogens with zero attached hydrogens (tertiary/aromatic N) is 1. The number of hydrogen-bond acceptors (Lipinski definition) is 4. The van der Waals surface area contributed by atoms with E-state index in [1.807, 2.05) is 36.4 Å². The van der Waals surface area contributed by atoms with Gasteiger partial charge in [0.05, 0.1) is 11.6 Å². The Morgan fingerprint density at radius 3 is 2.54 bits per heavy atom. The minimum atomic E-state index is -0.268. The number of amides is 2.